The standard InChI is InChI=1S/C26H35N3O3/c1-5-20(4)21-10-12-22(13-11-21)32-18-25(30)27-23-8-6-7-9-24(23)28-14-16-29(17-15-28)26(31)19(2)3/h6-13,19-20H,5,14-18H2,1-4H3,(H,27,30)/t20-/m0/s1. The minimum absolute atomic E-state index is 0.0133. The molecule has 1 atom stereocenters. The minimum Gasteiger partial charge on any atom is -0.484 e. The second-order valence-corrected chi connectivity index (χ2v) is 8.70. The molecular formula is C26H35N3O3. The Labute approximate surface area is 191 Å². The zero-order valence-electron chi connectivity index (χ0n) is 19.6. The van der Waals surface area contributed by atoms with Crippen molar-refractivity contribution < 1.29 is 14.3 Å². The monoisotopic (exact) mass is 437 g/mol. The Morgan fingerprint density at radius 3 is 2.25 bits per heavy atom. The molecule has 2 aromatic rings. The van der Waals surface area contributed by atoms with Crippen molar-refractivity contribution in [3.8, 4) is 5.75 Å². The van der Waals surface area contributed by atoms with Crippen LogP contribution in [0.5, 0.6) is 5.75 Å². The topological polar surface area (TPSA) is 61.9 Å². The average molecular weight is 438 g/mol. The van der Waals surface area contributed by atoms with Crippen LogP contribution in [0.15, 0.2) is 48.5 Å². The van der Waals surface area contributed by atoms with Crippen LogP contribution in [0.1, 0.15) is 45.6 Å². The van der Waals surface area contributed by atoms with E-state index in [2.05, 4.69) is 36.2 Å². The summed E-state index contributed by atoms with van der Waals surface area (Å²) in [6.45, 7) is 11.0. The molecule has 0 spiro atoms. The van der Waals surface area contributed by atoms with Gasteiger partial charge in [0.15, 0.2) is 6.61 Å². The van der Waals surface area contributed by atoms with Gasteiger partial charge in [0.25, 0.3) is 5.91 Å². The van der Waals surface area contributed by atoms with Gasteiger partial charge in [-0.05, 0) is 42.2 Å². The molecular weight excluding hydrogens is 402 g/mol. The van der Waals surface area contributed by atoms with Crippen LogP contribution < -0.4 is 15.0 Å². The first kappa shape index (κ1) is 23.6. The van der Waals surface area contributed by atoms with Gasteiger partial charge >= 0.3 is 0 Å². The highest BCUT2D eigenvalue weighted by atomic mass is 16.5. The number of hydrogen-bond donors (Lipinski definition) is 1. The second kappa shape index (κ2) is 11.0. The highest BCUT2D eigenvalue weighted by molar-refractivity contribution is 5.95. The van der Waals surface area contributed by atoms with Gasteiger partial charge in [-0.3, -0.25) is 9.59 Å². The zero-order valence-corrected chi connectivity index (χ0v) is 19.6. The molecule has 172 valence electrons. The summed E-state index contributed by atoms with van der Waals surface area (Å²) in [5.41, 5.74) is 3.00. The summed E-state index contributed by atoms with van der Waals surface area (Å²) in [6.07, 6.45) is 1.09. The average Bonchev–Trinajstić information content (AvgIpc) is 2.82. The van der Waals surface area contributed by atoms with Crippen LogP contribution in [0.4, 0.5) is 11.4 Å². The van der Waals surface area contributed by atoms with Crippen LogP contribution in [0.3, 0.4) is 0 Å². The van der Waals surface area contributed by atoms with E-state index in [4.69, 9.17) is 4.74 Å². The van der Waals surface area contributed by atoms with Crippen LogP contribution in [-0.4, -0.2) is 49.5 Å². The Hall–Kier alpha value is -3.02. The summed E-state index contributed by atoms with van der Waals surface area (Å²) < 4.78 is 5.69. The number of benzene rings is 2. The van der Waals surface area contributed by atoms with Crippen molar-refractivity contribution in [1.29, 1.82) is 0 Å². The molecule has 1 fully saturated rings. The molecule has 0 unspecified atom stereocenters. The first-order chi connectivity index (χ1) is 15.4. The molecule has 1 saturated heterocycles. The molecule has 0 bridgehead atoms. The Morgan fingerprint density at radius 2 is 1.62 bits per heavy atom. The molecule has 6 heteroatoms. The van der Waals surface area contributed by atoms with Crippen molar-refractivity contribution in [3.05, 3.63) is 54.1 Å². The van der Waals surface area contributed by atoms with Crippen molar-refractivity contribution in [2.75, 3.05) is 43.0 Å². The molecule has 6 nitrogen and oxygen atoms in total. The van der Waals surface area contributed by atoms with Gasteiger partial charge in [0.1, 0.15) is 5.75 Å². The number of amides is 2. The van der Waals surface area contributed by atoms with Crippen molar-refractivity contribution in [1.82, 2.24) is 4.90 Å². The van der Waals surface area contributed by atoms with Crippen molar-refractivity contribution >= 4 is 23.2 Å². The van der Waals surface area contributed by atoms with Crippen LogP contribution in [0, 0.1) is 5.92 Å². The number of carbonyl (C=O) groups is 2. The largest absolute Gasteiger partial charge is 0.484 e. The van der Waals surface area contributed by atoms with E-state index < -0.39 is 0 Å². The van der Waals surface area contributed by atoms with Gasteiger partial charge in [-0.2, -0.15) is 0 Å². The van der Waals surface area contributed by atoms with E-state index in [1.165, 1.54) is 5.56 Å². The summed E-state index contributed by atoms with van der Waals surface area (Å²) >= 11 is 0. The highest BCUT2D eigenvalue weighted by Gasteiger charge is 2.24. The van der Waals surface area contributed by atoms with Crippen LogP contribution in [0.25, 0.3) is 0 Å². The lowest BCUT2D eigenvalue weighted by Gasteiger charge is -2.37. The van der Waals surface area contributed by atoms with Crippen molar-refractivity contribution in [2.45, 2.75) is 40.0 Å². The molecule has 0 aliphatic carbocycles. The van der Waals surface area contributed by atoms with Gasteiger partial charge in [0.2, 0.25) is 5.91 Å². The first-order valence-corrected chi connectivity index (χ1v) is 11.5. The van der Waals surface area contributed by atoms with Gasteiger partial charge in [0.05, 0.1) is 11.4 Å². The van der Waals surface area contributed by atoms with Crippen molar-refractivity contribution in [2.24, 2.45) is 5.92 Å². The molecule has 3 rings (SSSR count). The number of rotatable bonds is 8. The molecule has 2 amide bonds. The molecule has 1 heterocycles. The fraction of sp³-hybridized carbons (Fsp3) is 0.462. The van der Waals surface area contributed by atoms with Crippen molar-refractivity contribution in [3.63, 3.8) is 0 Å². The number of carbonyl (C=O) groups excluding carboxylic acids is 2. The maximum Gasteiger partial charge on any atom is 0.262 e. The summed E-state index contributed by atoms with van der Waals surface area (Å²) in [5, 5.41) is 2.98. The fourth-order valence-corrected chi connectivity index (χ4v) is 3.85. The fourth-order valence-electron chi connectivity index (χ4n) is 3.85. The SMILES string of the molecule is CC[C@H](C)c1ccc(OCC(=O)Nc2ccccc2N2CCN(C(=O)C(C)C)CC2)cc1. The predicted molar refractivity (Wildman–Crippen MR) is 129 cm³/mol. The number of nitrogens with one attached hydrogen (secondary N) is 1. The summed E-state index contributed by atoms with van der Waals surface area (Å²) in [4.78, 5) is 28.9. The number of ether oxygens (including phenoxy) is 1. The number of anilines is 2. The molecule has 1 N–H and O–H groups in total. The van der Waals surface area contributed by atoms with E-state index in [1.54, 1.807) is 0 Å². The highest BCUT2D eigenvalue weighted by Crippen LogP contribution is 2.27. The lowest BCUT2D eigenvalue weighted by Crippen LogP contribution is -2.50. The maximum absolute atomic E-state index is 12.6. The predicted octanol–water partition coefficient (Wildman–Crippen LogP) is 4.52. The number of para-hydroxylation sites is 2. The minimum atomic E-state index is -0.197. The van der Waals surface area contributed by atoms with Gasteiger partial charge < -0.3 is 19.9 Å². The third kappa shape index (κ3) is 6.02. The summed E-state index contributed by atoms with van der Waals surface area (Å²) in [5.74, 6) is 1.21. The number of nitrogens with zero attached hydrogens (tertiary/aromatic N) is 2. The quantitative estimate of drug-likeness (QED) is 0.659. The molecule has 1 aliphatic rings. The summed E-state index contributed by atoms with van der Waals surface area (Å²) in [6, 6.07) is 15.7. The van der Waals surface area contributed by atoms with E-state index in [9.17, 15) is 9.59 Å². The molecule has 32 heavy (non-hydrogen) atoms. The number of hydrogen-bond acceptors (Lipinski definition) is 4. The first-order valence-electron chi connectivity index (χ1n) is 11.5. The van der Waals surface area contributed by atoms with Gasteiger partial charge in [-0.25, -0.2) is 0 Å². The van der Waals surface area contributed by atoms with Crippen LogP contribution >= 0.6 is 0 Å². The lowest BCUT2D eigenvalue weighted by atomic mass is 9.99. The molecule has 0 aromatic heterocycles. The molecule has 0 radical (unpaired) electrons. The Bertz CT molecular complexity index is 903. The zero-order chi connectivity index (χ0) is 23.1. The smallest absolute Gasteiger partial charge is 0.262 e. The van der Waals surface area contributed by atoms with E-state index in [0.29, 0.717) is 24.8 Å². The second-order valence-electron chi connectivity index (χ2n) is 8.70. The lowest BCUT2D eigenvalue weighted by molar-refractivity contribution is -0.134. The van der Waals surface area contributed by atoms with E-state index in [0.717, 1.165) is 30.9 Å². The Morgan fingerprint density at radius 1 is 0.969 bits per heavy atom. The van der Waals surface area contributed by atoms with Gasteiger partial charge in [-0.15, -0.1) is 0 Å². The van der Waals surface area contributed by atoms with Gasteiger partial charge in [-0.1, -0.05) is 52.0 Å². The van der Waals surface area contributed by atoms with Crippen LogP contribution in [0.2, 0.25) is 0 Å². The number of piperazine rings is 1. The van der Waals surface area contributed by atoms with E-state index >= 15 is 0 Å². The summed E-state index contributed by atoms with van der Waals surface area (Å²) in [7, 11) is 0. The van der Waals surface area contributed by atoms with E-state index in [1.807, 2.05) is 55.1 Å². The Balaban J connectivity index is 1.56. The third-order valence-electron chi connectivity index (χ3n) is 6.04. The molecule has 2 aromatic carbocycles. The van der Waals surface area contributed by atoms with E-state index in [-0.39, 0.29) is 24.3 Å². The van der Waals surface area contributed by atoms with Crippen LogP contribution in [-0.2, 0) is 9.59 Å². The molecule has 1 aliphatic heterocycles. The maximum atomic E-state index is 12.6. The molecule has 0 saturated carbocycles. The van der Waals surface area contributed by atoms with Gasteiger partial charge in [0, 0.05) is 32.1 Å². The third-order valence-corrected chi connectivity index (χ3v) is 6.04. The Kier molecular flexibility index (Phi) is 8.14. The normalized spacial score (nSPS) is 14.9.